The van der Waals surface area contributed by atoms with Gasteiger partial charge < -0.3 is 15.4 Å². The molecule has 4 heteroatoms. The summed E-state index contributed by atoms with van der Waals surface area (Å²) in [5.41, 5.74) is 2.23. The van der Waals surface area contributed by atoms with Gasteiger partial charge in [0, 0.05) is 19.2 Å². The molecule has 1 aromatic rings. The lowest BCUT2D eigenvalue weighted by molar-refractivity contribution is -0.121. The van der Waals surface area contributed by atoms with Gasteiger partial charge in [0.25, 0.3) is 0 Å². The van der Waals surface area contributed by atoms with Crippen molar-refractivity contribution in [2.75, 3.05) is 20.2 Å². The van der Waals surface area contributed by atoms with Crippen LogP contribution in [0.15, 0.2) is 18.2 Å². The maximum Gasteiger partial charge on any atom is 0.223 e. The molecule has 1 aromatic carbocycles. The predicted molar refractivity (Wildman–Crippen MR) is 72.7 cm³/mol. The Hall–Kier alpha value is -1.55. The van der Waals surface area contributed by atoms with Crippen LogP contribution in [0.4, 0.5) is 0 Å². The molecule has 0 fully saturated rings. The average Bonchev–Trinajstić information content (AvgIpc) is 2.38. The second-order valence-corrected chi connectivity index (χ2v) is 4.12. The zero-order valence-electron chi connectivity index (χ0n) is 11.4. The van der Waals surface area contributed by atoms with Crippen molar-refractivity contribution in [2.45, 2.75) is 26.8 Å². The number of para-hydroxylation sites is 1. The summed E-state index contributed by atoms with van der Waals surface area (Å²) < 4.78 is 5.74. The first-order valence-corrected chi connectivity index (χ1v) is 6.31. The van der Waals surface area contributed by atoms with E-state index in [2.05, 4.69) is 17.6 Å². The lowest BCUT2D eigenvalue weighted by Gasteiger charge is -2.14. The summed E-state index contributed by atoms with van der Waals surface area (Å²) in [6, 6.07) is 6.09. The molecule has 0 heterocycles. The van der Waals surface area contributed by atoms with Crippen molar-refractivity contribution in [3.63, 3.8) is 0 Å². The fourth-order valence-corrected chi connectivity index (χ4v) is 1.69. The minimum Gasteiger partial charge on any atom is -0.492 e. The molecule has 1 rings (SSSR count). The number of benzene rings is 1. The fraction of sp³-hybridized carbons (Fsp3) is 0.500. The number of carbonyl (C=O) groups excluding carboxylic acids is 1. The number of aryl methyl sites for hydroxylation is 1. The van der Waals surface area contributed by atoms with E-state index in [4.69, 9.17) is 4.74 Å². The molecule has 0 spiro atoms. The summed E-state index contributed by atoms with van der Waals surface area (Å²) in [4.78, 5) is 11.1. The average molecular weight is 250 g/mol. The minimum absolute atomic E-state index is 0.00295. The van der Waals surface area contributed by atoms with E-state index in [1.54, 1.807) is 7.05 Å². The maximum absolute atomic E-state index is 11.1. The van der Waals surface area contributed by atoms with Gasteiger partial charge in [-0.15, -0.1) is 0 Å². The molecule has 18 heavy (non-hydrogen) atoms. The highest BCUT2D eigenvalue weighted by Crippen LogP contribution is 2.23. The molecule has 0 aliphatic carbocycles. The Morgan fingerprint density at radius 3 is 2.83 bits per heavy atom. The highest BCUT2D eigenvalue weighted by molar-refractivity contribution is 5.75. The zero-order valence-corrected chi connectivity index (χ0v) is 11.4. The van der Waals surface area contributed by atoms with Gasteiger partial charge in [-0.2, -0.15) is 0 Å². The van der Waals surface area contributed by atoms with Crippen molar-refractivity contribution < 1.29 is 9.53 Å². The molecule has 0 bridgehead atoms. The van der Waals surface area contributed by atoms with Crippen molar-refractivity contribution >= 4 is 5.91 Å². The summed E-state index contributed by atoms with van der Waals surface area (Å²) >= 11 is 0. The lowest BCUT2D eigenvalue weighted by atomic mass is 10.1. The van der Waals surface area contributed by atoms with Gasteiger partial charge >= 0.3 is 0 Å². The second-order valence-electron chi connectivity index (χ2n) is 4.12. The van der Waals surface area contributed by atoms with Gasteiger partial charge in [0.2, 0.25) is 5.91 Å². The molecule has 0 aromatic heterocycles. The summed E-state index contributed by atoms with van der Waals surface area (Å²) in [6.07, 6.45) is 0.380. The highest BCUT2D eigenvalue weighted by atomic mass is 16.5. The van der Waals surface area contributed by atoms with Gasteiger partial charge in [0.15, 0.2) is 0 Å². The second kappa shape index (κ2) is 7.71. The zero-order chi connectivity index (χ0) is 13.4. The molecule has 0 aliphatic heterocycles. The van der Waals surface area contributed by atoms with Crippen LogP contribution < -0.4 is 15.4 Å². The van der Waals surface area contributed by atoms with Crippen molar-refractivity contribution in [3.05, 3.63) is 29.3 Å². The number of hydrogen-bond donors (Lipinski definition) is 2. The molecule has 0 saturated heterocycles. The van der Waals surface area contributed by atoms with Gasteiger partial charge in [0.05, 0.1) is 13.0 Å². The van der Waals surface area contributed by atoms with Crippen molar-refractivity contribution in [1.29, 1.82) is 0 Å². The standard InChI is InChI=1S/C14H22N2O2/c1-4-16-10-12-7-5-6-11(2)14(12)18-9-8-13(17)15-3/h5-7,16H,4,8-10H2,1-3H3,(H,15,17). The van der Waals surface area contributed by atoms with Crippen molar-refractivity contribution in [2.24, 2.45) is 0 Å². The third kappa shape index (κ3) is 4.37. The molecule has 100 valence electrons. The molecule has 0 unspecified atom stereocenters. The molecular weight excluding hydrogens is 228 g/mol. The molecule has 0 radical (unpaired) electrons. The van der Waals surface area contributed by atoms with E-state index >= 15 is 0 Å². The normalized spacial score (nSPS) is 10.2. The van der Waals surface area contributed by atoms with E-state index in [0.717, 1.165) is 30.0 Å². The van der Waals surface area contributed by atoms with Gasteiger partial charge in [-0.25, -0.2) is 0 Å². The van der Waals surface area contributed by atoms with Crippen molar-refractivity contribution in [1.82, 2.24) is 10.6 Å². The number of ether oxygens (including phenoxy) is 1. The third-order valence-electron chi connectivity index (χ3n) is 2.71. The van der Waals surface area contributed by atoms with Crippen molar-refractivity contribution in [3.8, 4) is 5.75 Å². The van der Waals surface area contributed by atoms with Crippen LogP contribution in [-0.4, -0.2) is 26.1 Å². The quantitative estimate of drug-likeness (QED) is 0.773. The number of hydrogen-bond acceptors (Lipinski definition) is 3. The van der Waals surface area contributed by atoms with Crippen LogP contribution in [0, 0.1) is 6.92 Å². The summed E-state index contributed by atoms with van der Waals surface area (Å²) in [6.45, 7) is 6.20. The van der Waals surface area contributed by atoms with Crippen LogP contribution in [0.5, 0.6) is 5.75 Å². The Morgan fingerprint density at radius 1 is 1.39 bits per heavy atom. The number of amides is 1. The van der Waals surface area contributed by atoms with Crippen LogP contribution in [0.2, 0.25) is 0 Å². The Bertz CT molecular complexity index is 391. The smallest absolute Gasteiger partial charge is 0.223 e. The number of carbonyl (C=O) groups is 1. The fourth-order valence-electron chi connectivity index (χ4n) is 1.69. The Balaban J connectivity index is 2.64. The SMILES string of the molecule is CCNCc1cccc(C)c1OCCC(=O)NC. The number of nitrogens with one attached hydrogen (secondary N) is 2. The molecule has 0 aliphatic rings. The Kier molecular flexibility index (Phi) is 6.22. The minimum atomic E-state index is -0.00295. The first kappa shape index (κ1) is 14.5. The van der Waals surface area contributed by atoms with Crippen LogP contribution in [0.25, 0.3) is 0 Å². The maximum atomic E-state index is 11.1. The summed E-state index contributed by atoms with van der Waals surface area (Å²) in [5, 5.41) is 5.87. The van der Waals surface area contributed by atoms with Crippen LogP contribution in [-0.2, 0) is 11.3 Å². The lowest BCUT2D eigenvalue weighted by Crippen LogP contribution is -2.20. The molecule has 0 atom stereocenters. The van der Waals surface area contributed by atoms with E-state index in [1.165, 1.54) is 0 Å². The van der Waals surface area contributed by atoms with E-state index < -0.39 is 0 Å². The van der Waals surface area contributed by atoms with Gasteiger partial charge in [-0.1, -0.05) is 25.1 Å². The largest absolute Gasteiger partial charge is 0.492 e. The van der Waals surface area contributed by atoms with Crippen LogP contribution in [0.3, 0.4) is 0 Å². The Labute approximate surface area is 109 Å². The Morgan fingerprint density at radius 2 is 2.17 bits per heavy atom. The van der Waals surface area contributed by atoms with E-state index in [1.807, 2.05) is 25.1 Å². The van der Waals surface area contributed by atoms with E-state index in [0.29, 0.717) is 13.0 Å². The molecule has 2 N–H and O–H groups in total. The molecule has 4 nitrogen and oxygen atoms in total. The third-order valence-corrected chi connectivity index (χ3v) is 2.71. The summed E-state index contributed by atoms with van der Waals surface area (Å²) in [7, 11) is 1.63. The topological polar surface area (TPSA) is 50.4 Å². The van der Waals surface area contributed by atoms with Crippen LogP contribution >= 0.6 is 0 Å². The van der Waals surface area contributed by atoms with E-state index in [9.17, 15) is 4.79 Å². The van der Waals surface area contributed by atoms with Gasteiger partial charge in [-0.3, -0.25) is 4.79 Å². The first-order valence-electron chi connectivity index (χ1n) is 6.31. The molecular formula is C14H22N2O2. The number of rotatable bonds is 7. The monoisotopic (exact) mass is 250 g/mol. The molecule has 0 saturated carbocycles. The summed E-state index contributed by atoms with van der Waals surface area (Å²) in [5.74, 6) is 0.888. The predicted octanol–water partition coefficient (Wildman–Crippen LogP) is 1.62. The van der Waals surface area contributed by atoms with E-state index in [-0.39, 0.29) is 5.91 Å². The van der Waals surface area contributed by atoms with Crippen LogP contribution in [0.1, 0.15) is 24.5 Å². The van der Waals surface area contributed by atoms with Gasteiger partial charge in [0.1, 0.15) is 5.75 Å². The molecule has 1 amide bonds. The van der Waals surface area contributed by atoms with Gasteiger partial charge in [-0.05, 0) is 19.0 Å². The highest BCUT2D eigenvalue weighted by Gasteiger charge is 2.07. The first-order chi connectivity index (χ1) is 8.69.